The number of nitrogens with zero attached hydrogens (tertiary/aromatic N) is 1. The van der Waals surface area contributed by atoms with Crippen molar-refractivity contribution in [3.8, 4) is 0 Å². The molecule has 0 saturated carbocycles. The van der Waals surface area contributed by atoms with Gasteiger partial charge in [-0.1, -0.05) is 6.07 Å². The Kier molecular flexibility index (Phi) is 11.4. The molecule has 1 aromatic heterocycles. The highest BCUT2D eigenvalue weighted by Gasteiger charge is 2.32. The number of hydrogen-bond donors (Lipinski definition) is 3. The molecule has 10 heteroatoms. The molecule has 3 atom stereocenters. The van der Waals surface area contributed by atoms with E-state index >= 15 is 0 Å². The van der Waals surface area contributed by atoms with Crippen molar-refractivity contribution in [1.29, 1.82) is 0 Å². The summed E-state index contributed by atoms with van der Waals surface area (Å²) in [5, 5.41) is 11.2. The van der Waals surface area contributed by atoms with Crippen LogP contribution in [0.25, 0.3) is 0 Å². The van der Waals surface area contributed by atoms with Crippen molar-refractivity contribution in [2.24, 2.45) is 11.8 Å². The Morgan fingerprint density at radius 2 is 2.12 bits per heavy atom. The zero-order valence-corrected chi connectivity index (χ0v) is 21.2. The van der Waals surface area contributed by atoms with E-state index in [-0.39, 0.29) is 24.1 Å². The van der Waals surface area contributed by atoms with Gasteiger partial charge in [-0.2, -0.15) is 0 Å². The lowest BCUT2D eigenvalue weighted by atomic mass is 9.91. The average Bonchev–Trinajstić information content (AvgIpc) is 3.39. The number of urea groups is 1. The molecule has 0 bridgehead atoms. The number of hydrogen-bond acceptors (Lipinski definition) is 7. The lowest BCUT2D eigenvalue weighted by Gasteiger charge is -2.37. The van der Waals surface area contributed by atoms with Crippen LogP contribution in [0.2, 0.25) is 0 Å². The van der Waals surface area contributed by atoms with Gasteiger partial charge in [-0.25, -0.2) is 9.59 Å². The van der Waals surface area contributed by atoms with Crippen molar-refractivity contribution in [3.05, 3.63) is 22.4 Å². The fraction of sp³-hybridized carbons (Fsp3) is 0.750. The summed E-state index contributed by atoms with van der Waals surface area (Å²) in [6.07, 6.45) is 4.47. The second kappa shape index (κ2) is 14.5. The molecule has 0 spiro atoms. The van der Waals surface area contributed by atoms with Crippen LogP contribution in [0.1, 0.15) is 43.1 Å². The summed E-state index contributed by atoms with van der Waals surface area (Å²) in [4.78, 5) is 27.6. The first-order chi connectivity index (χ1) is 16.6. The first-order valence-corrected chi connectivity index (χ1v) is 13.2. The highest BCUT2D eigenvalue weighted by Crippen LogP contribution is 2.35. The number of thiophene rings is 1. The third-order valence-corrected chi connectivity index (χ3v) is 7.52. The molecule has 2 aliphatic heterocycles. The van der Waals surface area contributed by atoms with Crippen LogP contribution in [-0.4, -0.2) is 83.2 Å². The Bertz CT molecular complexity index is 729. The smallest absolute Gasteiger partial charge is 0.406 e. The molecular weight excluding hydrogens is 456 g/mol. The SMILES string of the molecule is CNCC(CC1CCOCC1)NC(=O)N1CCCC(C(OCCNC(=O)OC)c2cccs2)C1. The van der Waals surface area contributed by atoms with Crippen molar-refractivity contribution in [2.75, 3.05) is 60.2 Å². The molecule has 3 unspecified atom stereocenters. The van der Waals surface area contributed by atoms with Gasteiger partial charge in [0.1, 0.15) is 0 Å². The van der Waals surface area contributed by atoms with Crippen molar-refractivity contribution < 1.29 is 23.8 Å². The standard InChI is InChI=1S/C24H40N4O5S/c1-25-16-20(15-18-7-11-32-12-8-18)27-23(29)28-10-3-5-19(17-28)22(21-6-4-14-34-21)33-13-9-26-24(30)31-2/h4,6,14,18-20,22,25H,3,5,7-13,15-17H2,1-2H3,(H,26,30)(H,27,29). The summed E-state index contributed by atoms with van der Waals surface area (Å²) in [7, 11) is 3.27. The van der Waals surface area contributed by atoms with Crippen LogP contribution < -0.4 is 16.0 Å². The van der Waals surface area contributed by atoms with Gasteiger partial charge in [0.15, 0.2) is 0 Å². The molecule has 2 fully saturated rings. The molecule has 2 saturated heterocycles. The number of ether oxygens (including phenoxy) is 3. The van der Waals surface area contributed by atoms with Crippen molar-refractivity contribution >= 4 is 23.5 Å². The number of carbonyl (C=O) groups is 2. The Balaban J connectivity index is 1.55. The average molecular weight is 497 g/mol. The van der Waals surface area contributed by atoms with E-state index in [4.69, 9.17) is 9.47 Å². The molecule has 9 nitrogen and oxygen atoms in total. The van der Waals surface area contributed by atoms with E-state index in [1.165, 1.54) is 7.11 Å². The number of rotatable bonds is 11. The zero-order chi connectivity index (χ0) is 24.2. The van der Waals surface area contributed by atoms with Crippen LogP contribution >= 0.6 is 11.3 Å². The summed E-state index contributed by atoms with van der Waals surface area (Å²) in [6, 6.07) is 4.22. The van der Waals surface area contributed by atoms with Crippen LogP contribution in [0.4, 0.5) is 9.59 Å². The Labute approximate surface area is 206 Å². The van der Waals surface area contributed by atoms with Gasteiger partial charge in [0, 0.05) is 56.2 Å². The Morgan fingerprint density at radius 1 is 1.29 bits per heavy atom. The highest BCUT2D eigenvalue weighted by molar-refractivity contribution is 7.10. The van der Waals surface area contributed by atoms with E-state index in [2.05, 4.69) is 26.8 Å². The number of piperidine rings is 1. The molecule has 1 aromatic rings. The largest absolute Gasteiger partial charge is 0.453 e. The number of carbonyl (C=O) groups excluding carboxylic acids is 2. The van der Waals surface area contributed by atoms with Crippen LogP contribution in [0.3, 0.4) is 0 Å². The number of alkyl carbamates (subject to hydrolysis) is 1. The summed E-state index contributed by atoms with van der Waals surface area (Å²) in [6.45, 7) is 4.57. The van der Waals surface area contributed by atoms with Gasteiger partial charge in [-0.05, 0) is 56.5 Å². The van der Waals surface area contributed by atoms with Gasteiger partial charge in [0.25, 0.3) is 0 Å². The molecule has 0 aromatic carbocycles. The fourth-order valence-corrected chi connectivity index (χ4v) is 5.71. The van der Waals surface area contributed by atoms with E-state index in [0.29, 0.717) is 25.6 Å². The van der Waals surface area contributed by atoms with E-state index in [1.807, 2.05) is 23.4 Å². The third-order valence-electron chi connectivity index (χ3n) is 6.59. The third kappa shape index (κ3) is 8.41. The Morgan fingerprint density at radius 3 is 2.82 bits per heavy atom. The normalized spacial score (nSPS) is 21.0. The van der Waals surface area contributed by atoms with E-state index in [0.717, 1.165) is 63.3 Å². The minimum Gasteiger partial charge on any atom is -0.453 e. The first-order valence-electron chi connectivity index (χ1n) is 12.3. The summed E-state index contributed by atoms with van der Waals surface area (Å²) in [5.41, 5.74) is 0. The lowest BCUT2D eigenvalue weighted by molar-refractivity contribution is -0.00655. The maximum atomic E-state index is 13.2. The maximum Gasteiger partial charge on any atom is 0.406 e. The number of amides is 3. The fourth-order valence-electron chi connectivity index (χ4n) is 4.85. The van der Waals surface area contributed by atoms with Crippen molar-refractivity contribution in [2.45, 2.75) is 44.2 Å². The molecule has 3 amide bonds. The molecule has 3 heterocycles. The van der Waals surface area contributed by atoms with Gasteiger partial charge in [0.2, 0.25) is 0 Å². The monoisotopic (exact) mass is 496 g/mol. The number of likely N-dealkylation sites (tertiary alicyclic amines) is 1. The highest BCUT2D eigenvalue weighted by atomic mass is 32.1. The molecule has 192 valence electrons. The number of methoxy groups -OCH3 is 1. The van der Waals surface area contributed by atoms with E-state index in [9.17, 15) is 9.59 Å². The summed E-state index contributed by atoms with van der Waals surface area (Å²) in [5.74, 6) is 0.797. The second-order valence-electron chi connectivity index (χ2n) is 9.07. The quantitative estimate of drug-likeness (QED) is 0.407. The maximum absolute atomic E-state index is 13.2. The van der Waals surface area contributed by atoms with Gasteiger partial charge < -0.3 is 35.1 Å². The Hall–Kier alpha value is -1.88. The minimum atomic E-state index is -0.464. The first kappa shape index (κ1) is 26.7. The van der Waals surface area contributed by atoms with Crippen LogP contribution in [0.5, 0.6) is 0 Å². The van der Waals surface area contributed by atoms with Crippen LogP contribution in [-0.2, 0) is 14.2 Å². The van der Waals surface area contributed by atoms with Crippen molar-refractivity contribution in [3.63, 3.8) is 0 Å². The number of nitrogens with one attached hydrogen (secondary N) is 3. The molecule has 34 heavy (non-hydrogen) atoms. The van der Waals surface area contributed by atoms with Gasteiger partial charge in [0.05, 0.1) is 19.8 Å². The number of likely N-dealkylation sites (N-methyl/N-ethyl adjacent to an activating group) is 1. The van der Waals surface area contributed by atoms with Gasteiger partial charge >= 0.3 is 12.1 Å². The molecule has 3 N–H and O–H groups in total. The van der Waals surface area contributed by atoms with E-state index in [1.54, 1.807) is 11.3 Å². The lowest BCUT2D eigenvalue weighted by Crippen LogP contribution is -2.52. The molecule has 0 aliphatic carbocycles. The van der Waals surface area contributed by atoms with Crippen molar-refractivity contribution in [1.82, 2.24) is 20.9 Å². The predicted octanol–water partition coefficient (Wildman–Crippen LogP) is 2.99. The minimum absolute atomic E-state index is 0.00861. The van der Waals surface area contributed by atoms with Gasteiger partial charge in [-0.3, -0.25) is 0 Å². The van der Waals surface area contributed by atoms with Gasteiger partial charge in [-0.15, -0.1) is 11.3 Å². The molecular formula is C24H40N4O5S. The molecule has 0 radical (unpaired) electrons. The molecule has 3 rings (SSSR count). The second-order valence-corrected chi connectivity index (χ2v) is 10.0. The predicted molar refractivity (Wildman–Crippen MR) is 132 cm³/mol. The molecule has 2 aliphatic rings. The van der Waals surface area contributed by atoms with Crippen LogP contribution in [0.15, 0.2) is 17.5 Å². The topological polar surface area (TPSA) is 101 Å². The zero-order valence-electron chi connectivity index (χ0n) is 20.4. The summed E-state index contributed by atoms with van der Waals surface area (Å²) >= 11 is 1.67. The van der Waals surface area contributed by atoms with Crippen LogP contribution in [0, 0.1) is 11.8 Å². The van der Waals surface area contributed by atoms with E-state index < -0.39 is 6.09 Å². The summed E-state index contributed by atoms with van der Waals surface area (Å²) < 4.78 is 16.3.